The third kappa shape index (κ3) is 7.52. The molecular weight excluding hydrogens is 171 g/mol. The molecule has 0 amide bonds. The van der Waals surface area contributed by atoms with Crippen LogP contribution >= 0.6 is 7.60 Å². The third-order valence-electron chi connectivity index (χ3n) is 1.06. The maximum atomic E-state index is 10.4. The van der Waals surface area contributed by atoms with Gasteiger partial charge < -0.3 is 14.5 Å². The molecule has 0 aliphatic heterocycles. The molecule has 0 saturated heterocycles. The highest BCUT2D eigenvalue weighted by atomic mass is 31.2. The van der Waals surface area contributed by atoms with Gasteiger partial charge in [0.15, 0.2) is 0 Å². The lowest BCUT2D eigenvalue weighted by atomic mass is 10.3. The van der Waals surface area contributed by atoms with E-state index in [9.17, 15) is 9.36 Å². The third-order valence-corrected chi connectivity index (χ3v) is 1.96. The van der Waals surface area contributed by atoms with Crippen LogP contribution < -0.4 is 0 Å². The summed E-state index contributed by atoms with van der Waals surface area (Å²) in [5.41, 5.74) is 0. The van der Waals surface area contributed by atoms with Gasteiger partial charge in [-0.2, -0.15) is 0 Å². The number of hydrogen-bond donors (Lipinski definition) is 2. The van der Waals surface area contributed by atoms with E-state index in [1.54, 1.807) is 0 Å². The molecule has 0 unspecified atom stereocenters. The number of hydrogen-bond acceptors (Lipinski definition) is 3. The number of carbonyl (C=O) groups is 1. The number of rotatable bonds is 4. The monoisotopic (exact) mass is 182 g/mol. The molecule has 0 rings (SSSR count). The first-order valence-corrected chi connectivity index (χ1v) is 4.87. The predicted molar refractivity (Wildman–Crippen MR) is 38.2 cm³/mol. The Kier molecular flexibility index (Phi) is 4.33. The molecule has 2 N–H and O–H groups in total. The zero-order chi connectivity index (χ0) is 8.91. The van der Waals surface area contributed by atoms with Gasteiger partial charge in [-0.15, -0.1) is 0 Å². The molecule has 66 valence electrons. The van der Waals surface area contributed by atoms with Crippen molar-refractivity contribution in [1.82, 2.24) is 0 Å². The highest BCUT2D eigenvalue weighted by Crippen LogP contribution is 2.35. The highest BCUT2D eigenvalue weighted by Gasteiger charge is 2.12. The summed E-state index contributed by atoms with van der Waals surface area (Å²) in [4.78, 5) is 27.1. The van der Waals surface area contributed by atoms with Crippen LogP contribution in [-0.2, 0) is 14.1 Å². The van der Waals surface area contributed by atoms with Crippen molar-refractivity contribution < 1.29 is 23.9 Å². The van der Waals surface area contributed by atoms with Crippen LogP contribution in [0.3, 0.4) is 0 Å². The summed E-state index contributed by atoms with van der Waals surface area (Å²) >= 11 is 0. The van der Waals surface area contributed by atoms with Crippen LogP contribution in [0.25, 0.3) is 0 Å². The average Bonchev–Trinajstić information content (AvgIpc) is 1.85. The molecule has 5 nitrogen and oxygen atoms in total. The second-order valence-electron chi connectivity index (χ2n) is 2.07. The van der Waals surface area contributed by atoms with Crippen LogP contribution in [0.5, 0.6) is 0 Å². The molecule has 0 atom stereocenters. The standard InChI is InChI=1S/C5H11O5P/c1-10-5(6)3-2-4-11(7,8)9/h2-4H2,1H3,(H2,7,8,9). The van der Waals surface area contributed by atoms with Crippen LogP contribution in [0.1, 0.15) is 12.8 Å². The predicted octanol–water partition coefficient (Wildman–Crippen LogP) is 0.117. The Morgan fingerprint density at radius 2 is 2.09 bits per heavy atom. The van der Waals surface area contributed by atoms with Gasteiger partial charge in [0.05, 0.1) is 13.3 Å². The molecule has 0 spiro atoms. The van der Waals surface area contributed by atoms with Crippen molar-refractivity contribution in [1.29, 1.82) is 0 Å². The van der Waals surface area contributed by atoms with Gasteiger partial charge in [0.1, 0.15) is 0 Å². The fraction of sp³-hybridized carbons (Fsp3) is 0.800. The van der Waals surface area contributed by atoms with E-state index < -0.39 is 13.6 Å². The van der Waals surface area contributed by atoms with Gasteiger partial charge >= 0.3 is 13.6 Å². The van der Waals surface area contributed by atoms with Gasteiger partial charge in [-0.1, -0.05) is 0 Å². The molecule has 0 aliphatic carbocycles. The summed E-state index contributed by atoms with van der Waals surface area (Å²) < 4.78 is 14.5. The summed E-state index contributed by atoms with van der Waals surface area (Å²) in [7, 11) is -2.70. The first-order chi connectivity index (χ1) is 4.95. The summed E-state index contributed by atoms with van der Waals surface area (Å²) in [6.45, 7) is 0. The first kappa shape index (κ1) is 10.6. The second-order valence-corrected chi connectivity index (χ2v) is 3.84. The summed E-state index contributed by atoms with van der Waals surface area (Å²) in [6, 6.07) is 0. The number of esters is 1. The van der Waals surface area contributed by atoms with Gasteiger partial charge in [-0.3, -0.25) is 9.36 Å². The Hall–Kier alpha value is -0.380. The molecule has 0 aromatic heterocycles. The Morgan fingerprint density at radius 1 is 1.55 bits per heavy atom. The minimum absolute atomic E-state index is 0.0572. The van der Waals surface area contributed by atoms with E-state index in [1.807, 2.05) is 0 Å². The maximum absolute atomic E-state index is 10.4. The normalized spacial score (nSPS) is 11.2. The zero-order valence-corrected chi connectivity index (χ0v) is 7.08. The average molecular weight is 182 g/mol. The number of ether oxygens (including phenoxy) is 1. The Balaban J connectivity index is 3.43. The minimum Gasteiger partial charge on any atom is -0.469 e. The van der Waals surface area contributed by atoms with E-state index in [0.29, 0.717) is 0 Å². The molecule has 0 aliphatic rings. The van der Waals surface area contributed by atoms with Crippen molar-refractivity contribution in [2.75, 3.05) is 13.3 Å². The molecule has 0 saturated carbocycles. The summed E-state index contributed by atoms with van der Waals surface area (Å²) in [5, 5.41) is 0. The topological polar surface area (TPSA) is 83.8 Å². The molecule has 6 heteroatoms. The van der Waals surface area contributed by atoms with Crippen LogP contribution in [-0.4, -0.2) is 29.0 Å². The van der Waals surface area contributed by atoms with Gasteiger partial charge in [-0.25, -0.2) is 0 Å². The summed E-state index contributed by atoms with van der Waals surface area (Å²) in [6.07, 6.45) is -0.0410. The van der Waals surface area contributed by atoms with E-state index >= 15 is 0 Å². The van der Waals surface area contributed by atoms with Gasteiger partial charge in [-0.05, 0) is 6.42 Å². The SMILES string of the molecule is COC(=O)CCCP(=O)(O)O. The Morgan fingerprint density at radius 3 is 2.45 bits per heavy atom. The largest absolute Gasteiger partial charge is 0.469 e. The first-order valence-electron chi connectivity index (χ1n) is 3.07. The molecule has 0 bridgehead atoms. The van der Waals surface area contributed by atoms with E-state index in [1.165, 1.54) is 7.11 Å². The van der Waals surface area contributed by atoms with Crippen molar-refractivity contribution in [2.24, 2.45) is 0 Å². The minimum atomic E-state index is -3.94. The number of carbonyl (C=O) groups excluding carboxylic acids is 1. The van der Waals surface area contributed by atoms with E-state index in [4.69, 9.17) is 9.79 Å². The molecule has 0 aromatic carbocycles. The lowest BCUT2D eigenvalue weighted by Crippen LogP contribution is -2.01. The molecule has 0 aromatic rings. The Bertz CT molecular complexity index is 172. The van der Waals surface area contributed by atoms with Crippen molar-refractivity contribution in [2.45, 2.75) is 12.8 Å². The fourth-order valence-electron chi connectivity index (χ4n) is 0.531. The van der Waals surface area contributed by atoms with Crippen LogP contribution in [0, 0.1) is 0 Å². The van der Waals surface area contributed by atoms with Crippen LogP contribution in [0.15, 0.2) is 0 Å². The van der Waals surface area contributed by atoms with Gasteiger partial charge in [0.2, 0.25) is 0 Å². The Labute approximate surface area is 64.5 Å². The summed E-state index contributed by atoms with van der Waals surface area (Å²) in [5.74, 6) is -0.446. The van der Waals surface area contributed by atoms with Crippen molar-refractivity contribution >= 4 is 13.6 Å². The molecule has 0 radical (unpaired) electrons. The maximum Gasteiger partial charge on any atom is 0.325 e. The fourth-order valence-corrected chi connectivity index (χ4v) is 1.10. The van der Waals surface area contributed by atoms with Crippen molar-refractivity contribution in [3.05, 3.63) is 0 Å². The number of methoxy groups -OCH3 is 1. The quantitative estimate of drug-likeness (QED) is 0.476. The smallest absolute Gasteiger partial charge is 0.325 e. The molecule has 0 heterocycles. The second kappa shape index (κ2) is 4.49. The van der Waals surface area contributed by atoms with Crippen LogP contribution in [0.2, 0.25) is 0 Å². The van der Waals surface area contributed by atoms with E-state index in [0.717, 1.165) is 0 Å². The molecular formula is C5H11O5P. The van der Waals surface area contributed by atoms with E-state index in [-0.39, 0.29) is 19.0 Å². The highest BCUT2D eigenvalue weighted by molar-refractivity contribution is 7.51. The van der Waals surface area contributed by atoms with Gasteiger partial charge in [0.25, 0.3) is 0 Å². The lowest BCUT2D eigenvalue weighted by molar-refractivity contribution is -0.140. The van der Waals surface area contributed by atoms with Crippen LogP contribution in [0.4, 0.5) is 0 Å². The van der Waals surface area contributed by atoms with E-state index in [2.05, 4.69) is 4.74 Å². The van der Waals surface area contributed by atoms with Gasteiger partial charge in [0, 0.05) is 6.42 Å². The van der Waals surface area contributed by atoms with Crippen molar-refractivity contribution in [3.63, 3.8) is 0 Å². The lowest BCUT2D eigenvalue weighted by Gasteiger charge is -2.01. The molecule has 11 heavy (non-hydrogen) atoms. The molecule has 0 fully saturated rings. The zero-order valence-electron chi connectivity index (χ0n) is 6.19. The van der Waals surface area contributed by atoms with Crippen molar-refractivity contribution in [3.8, 4) is 0 Å².